The molecule has 8 nitrogen and oxygen atoms in total. The fourth-order valence-corrected chi connectivity index (χ4v) is 4.60. The van der Waals surface area contributed by atoms with Crippen LogP contribution < -0.4 is 15.0 Å². The minimum absolute atomic E-state index is 0.0903. The van der Waals surface area contributed by atoms with Crippen LogP contribution in [0.5, 0.6) is 5.75 Å². The lowest BCUT2D eigenvalue weighted by molar-refractivity contribution is 0.0371. The van der Waals surface area contributed by atoms with Gasteiger partial charge in [-0.3, -0.25) is 4.79 Å². The smallest absolute Gasteiger partial charge is 0.321 e. The van der Waals surface area contributed by atoms with Crippen LogP contribution in [0.1, 0.15) is 24.2 Å². The predicted octanol–water partition coefficient (Wildman–Crippen LogP) is 4.29. The number of fused-ring (bicyclic) bond motifs is 2. The monoisotopic (exact) mass is 504 g/mol. The molecule has 0 saturated carbocycles. The fourth-order valence-electron chi connectivity index (χ4n) is 4.60. The van der Waals surface area contributed by atoms with Crippen LogP contribution in [0.3, 0.4) is 0 Å². The highest BCUT2D eigenvalue weighted by Gasteiger charge is 2.34. The topological polar surface area (TPSA) is 85.3 Å². The molecule has 0 spiro atoms. The third kappa shape index (κ3) is 5.64. The fraction of sp³-hybridized carbons (Fsp3) is 0.379. The van der Waals surface area contributed by atoms with E-state index in [1.165, 1.54) is 0 Å². The summed E-state index contributed by atoms with van der Waals surface area (Å²) in [5.74, 6) is 0.213. The van der Waals surface area contributed by atoms with Gasteiger partial charge in [-0.25, -0.2) is 4.79 Å². The van der Waals surface area contributed by atoms with Crippen LogP contribution in [0.15, 0.2) is 60.7 Å². The number of anilines is 2. The number of nitrogens with zero attached hydrogens (tertiary/aromatic N) is 3. The average molecular weight is 505 g/mol. The summed E-state index contributed by atoms with van der Waals surface area (Å²) in [6, 6.07) is 18.7. The average Bonchev–Trinajstić information content (AvgIpc) is 2.89. The van der Waals surface area contributed by atoms with Gasteiger partial charge >= 0.3 is 6.03 Å². The van der Waals surface area contributed by atoms with Gasteiger partial charge in [-0.05, 0) is 36.6 Å². The number of aliphatic hydroxyl groups excluding tert-OH is 1. The summed E-state index contributed by atoms with van der Waals surface area (Å²) < 4.78 is 6.41. The molecule has 0 aromatic heterocycles. The first-order valence-corrected chi connectivity index (χ1v) is 12.6. The molecule has 4 rings (SSSR count). The van der Waals surface area contributed by atoms with Crippen molar-refractivity contribution in [1.29, 1.82) is 0 Å². The molecule has 2 N–H and O–H groups in total. The molecule has 0 fully saturated rings. The summed E-state index contributed by atoms with van der Waals surface area (Å²) in [6.07, 6.45) is -0.367. The van der Waals surface area contributed by atoms with Gasteiger partial charge in [-0.1, -0.05) is 43.3 Å². The van der Waals surface area contributed by atoms with Crippen molar-refractivity contribution in [1.82, 2.24) is 9.80 Å². The summed E-state index contributed by atoms with van der Waals surface area (Å²) in [6.45, 7) is 4.42. The molecule has 3 aromatic rings. The van der Waals surface area contributed by atoms with Crippen molar-refractivity contribution in [2.24, 2.45) is 5.92 Å². The van der Waals surface area contributed by atoms with E-state index in [2.05, 4.69) is 5.32 Å². The molecule has 1 heterocycles. The van der Waals surface area contributed by atoms with E-state index in [9.17, 15) is 14.7 Å². The molecule has 0 aliphatic carbocycles. The highest BCUT2D eigenvalue weighted by Crippen LogP contribution is 2.31. The predicted molar refractivity (Wildman–Crippen MR) is 148 cm³/mol. The van der Waals surface area contributed by atoms with Crippen molar-refractivity contribution in [2.45, 2.75) is 26.0 Å². The Morgan fingerprint density at radius 1 is 1.14 bits per heavy atom. The van der Waals surface area contributed by atoms with Crippen molar-refractivity contribution < 1.29 is 19.4 Å². The van der Waals surface area contributed by atoms with Crippen molar-refractivity contribution in [3.63, 3.8) is 0 Å². The van der Waals surface area contributed by atoms with E-state index in [1.54, 1.807) is 16.8 Å². The van der Waals surface area contributed by atoms with Crippen molar-refractivity contribution in [2.75, 3.05) is 51.1 Å². The van der Waals surface area contributed by atoms with E-state index in [1.807, 2.05) is 93.5 Å². The summed E-state index contributed by atoms with van der Waals surface area (Å²) in [4.78, 5) is 31.9. The van der Waals surface area contributed by atoms with Crippen LogP contribution in [0.2, 0.25) is 0 Å². The standard InChI is InChI=1S/C29H36N4O4/c1-19-16-33(20(2)18-34)28(35)24-15-22(31(3)4)13-14-26(24)37-27(19)17-32(5)29(36)30-25-12-8-10-21-9-6-7-11-23(21)25/h6-15,19-20,27,34H,16-18H2,1-5H3,(H,30,36)/t19-,20+,27+/m0/s1. The molecule has 0 radical (unpaired) electrons. The quantitative estimate of drug-likeness (QED) is 0.523. The van der Waals surface area contributed by atoms with Crippen LogP contribution >= 0.6 is 0 Å². The third-order valence-corrected chi connectivity index (χ3v) is 7.00. The van der Waals surface area contributed by atoms with Gasteiger partial charge in [0.25, 0.3) is 5.91 Å². The largest absolute Gasteiger partial charge is 0.487 e. The first kappa shape index (κ1) is 26.3. The van der Waals surface area contributed by atoms with E-state index >= 15 is 0 Å². The number of rotatable bonds is 6. The molecule has 0 unspecified atom stereocenters. The minimum atomic E-state index is -0.367. The van der Waals surface area contributed by atoms with E-state index in [4.69, 9.17) is 4.74 Å². The molecule has 1 aliphatic rings. The summed E-state index contributed by atoms with van der Waals surface area (Å²) in [5.41, 5.74) is 2.08. The maximum absolute atomic E-state index is 13.5. The Hall–Kier alpha value is -3.78. The van der Waals surface area contributed by atoms with Crippen LogP contribution in [0.4, 0.5) is 16.2 Å². The highest BCUT2D eigenvalue weighted by molar-refractivity contribution is 6.01. The van der Waals surface area contributed by atoms with Gasteiger partial charge in [0.1, 0.15) is 11.9 Å². The number of hydrogen-bond acceptors (Lipinski definition) is 5. The van der Waals surface area contributed by atoms with Crippen LogP contribution in [0.25, 0.3) is 10.8 Å². The van der Waals surface area contributed by atoms with Gasteiger partial charge in [-0.2, -0.15) is 0 Å². The molecular weight excluding hydrogens is 468 g/mol. The number of carbonyl (C=O) groups is 2. The molecule has 3 aromatic carbocycles. The Kier molecular flexibility index (Phi) is 7.88. The highest BCUT2D eigenvalue weighted by atomic mass is 16.5. The lowest BCUT2D eigenvalue weighted by Crippen LogP contribution is -2.50. The number of hydrogen-bond donors (Lipinski definition) is 2. The number of ether oxygens (including phenoxy) is 1. The molecule has 37 heavy (non-hydrogen) atoms. The Morgan fingerprint density at radius 2 is 1.86 bits per heavy atom. The zero-order valence-electron chi connectivity index (χ0n) is 22.1. The second kappa shape index (κ2) is 11.1. The van der Waals surface area contributed by atoms with E-state index < -0.39 is 0 Å². The lowest BCUT2D eigenvalue weighted by Gasteiger charge is -2.38. The molecule has 196 valence electrons. The first-order chi connectivity index (χ1) is 17.7. The van der Waals surface area contributed by atoms with Gasteiger partial charge in [-0.15, -0.1) is 0 Å². The second-order valence-corrected chi connectivity index (χ2v) is 10.0. The van der Waals surface area contributed by atoms with E-state index in [0.717, 1.165) is 22.1 Å². The van der Waals surface area contributed by atoms with Crippen molar-refractivity contribution in [3.8, 4) is 5.75 Å². The normalized spacial score (nSPS) is 18.3. The number of amides is 3. The number of nitrogens with one attached hydrogen (secondary N) is 1. The van der Waals surface area contributed by atoms with Crippen molar-refractivity contribution >= 4 is 34.1 Å². The van der Waals surface area contributed by atoms with Gasteiger partial charge in [0.05, 0.1) is 30.4 Å². The third-order valence-electron chi connectivity index (χ3n) is 7.00. The van der Waals surface area contributed by atoms with E-state index in [0.29, 0.717) is 24.4 Å². The van der Waals surface area contributed by atoms with Gasteiger partial charge < -0.3 is 29.9 Å². The van der Waals surface area contributed by atoms with Crippen LogP contribution in [0, 0.1) is 5.92 Å². The molecule has 0 bridgehead atoms. The van der Waals surface area contributed by atoms with Gasteiger partial charge in [0.2, 0.25) is 0 Å². The molecule has 0 saturated heterocycles. The zero-order valence-corrected chi connectivity index (χ0v) is 22.1. The first-order valence-electron chi connectivity index (χ1n) is 12.6. The minimum Gasteiger partial charge on any atom is -0.487 e. The number of aliphatic hydroxyl groups is 1. The summed E-state index contributed by atoms with van der Waals surface area (Å²) in [7, 11) is 5.57. The number of likely N-dealkylation sites (N-methyl/N-ethyl adjacent to an activating group) is 1. The Balaban J connectivity index is 1.59. The molecule has 1 aliphatic heterocycles. The van der Waals surface area contributed by atoms with Crippen molar-refractivity contribution in [3.05, 3.63) is 66.2 Å². The number of urea groups is 1. The SMILES string of the molecule is C[C@H](CO)N1C[C@H](C)[C@@H](CN(C)C(=O)Nc2cccc3ccccc23)Oc2ccc(N(C)C)cc2C1=O. The Labute approximate surface area is 218 Å². The lowest BCUT2D eigenvalue weighted by atomic mass is 9.99. The van der Waals surface area contributed by atoms with Gasteiger partial charge in [0.15, 0.2) is 0 Å². The summed E-state index contributed by atoms with van der Waals surface area (Å²) >= 11 is 0. The maximum atomic E-state index is 13.5. The van der Waals surface area contributed by atoms with Crippen LogP contribution in [-0.4, -0.2) is 79.8 Å². The maximum Gasteiger partial charge on any atom is 0.321 e. The number of benzene rings is 3. The Morgan fingerprint density at radius 3 is 2.59 bits per heavy atom. The van der Waals surface area contributed by atoms with E-state index in [-0.39, 0.29) is 36.6 Å². The van der Waals surface area contributed by atoms with Crippen LogP contribution in [-0.2, 0) is 0 Å². The second-order valence-electron chi connectivity index (χ2n) is 10.0. The molecule has 8 heteroatoms. The Bertz CT molecular complexity index is 1270. The summed E-state index contributed by atoms with van der Waals surface area (Å²) in [5, 5.41) is 14.9. The molecule has 3 amide bonds. The number of carbonyl (C=O) groups excluding carboxylic acids is 2. The molecular formula is C29H36N4O4. The van der Waals surface area contributed by atoms with Gasteiger partial charge in [0, 0.05) is 44.7 Å². The molecule has 3 atom stereocenters. The zero-order chi connectivity index (χ0) is 26.7.